The van der Waals surface area contributed by atoms with Gasteiger partial charge in [0.1, 0.15) is 17.8 Å². The topological polar surface area (TPSA) is 68.5 Å². The fourth-order valence-corrected chi connectivity index (χ4v) is 1.28. The minimum Gasteiger partial charge on any atom is -0.364 e. The van der Waals surface area contributed by atoms with Gasteiger partial charge in [0.2, 0.25) is 0 Å². The van der Waals surface area contributed by atoms with Gasteiger partial charge in [-0.25, -0.2) is 14.6 Å². The normalized spacial score (nSPS) is 11.5. The summed E-state index contributed by atoms with van der Waals surface area (Å²) in [6.45, 7) is 6.86. The Labute approximate surface area is 100 Å². The number of nitrogens with zero attached hydrogens (tertiary/aromatic N) is 5. The molecule has 0 aliphatic rings. The zero-order chi connectivity index (χ0) is 12.3. The smallest absolute Gasteiger partial charge is 0.129 e. The van der Waals surface area contributed by atoms with E-state index in [9.17, 15) is 0 Å². The molecule has 0 saturated carbocycles. The van der Waals surface area contributed by atoms with Crippen molar-refractivity contribution in [2.45, 2.75) is 32.9 Å². The highest BCUT2D eigenvalue weighted by Gasteiger charge is 2.14. The van der Waals surface area contributed by atoms with Crippen LogP contribution in [0.4, 0.5) is 5.82 Å². The number of hydrogen-bond donors (Lipinski definition) is 1. The fraction of sp³-hybridized carbons (Fsp3) is 0.455. The van der Waals surface area contributed by atoms with Crippen LogP contribution >= 0.6 is 0 Å². The molecule has 90 valence electrons. The number of anilines is 1. The Bertz CT molecular complexity index is 470. The van der Waals surface area contributed by atoms with E-state index in [1.165, 1.54) is 6.33 Å². The monoisotopic (exact) mass is 232 g/mol. The van der Waals surface area contributed by atoms with Gasteiger partial charge in [0.05, 0.1) is 18.3 Å². The van der Waals surface area contributed by atoms with Crippen molar-refractivity contribution in [1.82, 2.24) is 25.0 Å². The van der Waals surface area contributed by atoms with Gasteiger partial charge in [0, 0.05) is 6.20 Å². The maximum Gasteiger partial charge on any atom is 0.129 e. The largest absolute Gasteiger partial charge is 0.364 e. The van der Waals surface area contributed by atoms with Crippen LogP contribution in [0.1, 0.15) is 26.5 Å². The van der Waals surface area contributed by atoms with Crippen LogP contribution in [0.25, 0.3) is 0 Å². The summed E-state index contributed by atoms with van der Waals surface area (Å²) in [6, 6.07) is 1.81. The Morgan fingerprint density at radius 1 is 1.35 bits per heavy atom. The molecule has 2 aromatic rings. The van der Waals surface area contributed by atoms with Crippen LogP contribution < -0.4 is 5.32 Å². The second-order valence-corrected chi connectivity index (χ2v) is 4.77. The van der Waals surface area contributed by atoms with Gasteiger partial charge >= 0.3 is 0 Å². The van der Waals surface area contributed by atoms with E-state index in [-0.39, 0.29) is 5.54 Å². The molecule has 0 atom stereocenters. The highest BCUT2D eigenvalue weighted by Crippen LogP contribution is 2.12. The second-order valence-electron chi connectivity index (χ2n) is 4.77. The van der Waals surface area contributed by atoms with Gasteiger partial charge in [-0.05, 0) is 26.8 Å². The Kier molecular flexibility index (Phi) is 3.03. The maximum absolute atomic E-state index is 4.10. The van der Waals surface area contributed by atoms with Crippen LogP contribution in [0.2, 0.25) is 0 Å². The molecule has 17 heavy (non-hydrogen) atoms. The Hall–Kier alpha value is -1.98. The lowest BCUT2D eigenvalue weighted by molar-refractivity contribution is 0.347. The van der Waals surface area contributed by atoms with Crippen molar-refractivity contribution in [3.05, 3.63) is 30.5 Å². The molecule has 6 heteroatoms. The summed E-state index contributed by atoms with van der Waals surface area (Å²) in [5, 5.41) is 11.4. The number of rotatable bonds is 3. The first kappa shape index (κ1) is 11.5. The lowest BCUT2D eigenvalue weighted by atomic mass is 10.1. The van der Waals surface area contributed by atoms with Crippen LogP contribution in [-0.4, -0.2) is 25.0 Å². The molecule has 0 aliphatic heterocycles. The third-order valence-corrected chi connectivity index (χ3v) is 2.26. The van der Waals surface area contributed by atoms with Crippen LogP contribution in [0.15, 0.2) is 24.8 Å². The molecule has 2 rings (SSSR count). The molecule has 0 saturated heterocycles. The van der Waals surface area contributed by atoms with Crippen LogP contribution in [0.5, 0.6) is 0 Å². The molecule has 0 fully saturated rings. The van der Waals surface area contributed by atoms with E-state index in [1.54, 1.807) is 6.20 Å². The van der Waals surface area contributed by atoms with Gasteiger partial charge in [-0.2, -0.15) is 0 Å². The highest BCUT2D eigenvalue weighted by atomic mass is 15.4. The molecular formula is C11H16N6. The molecule has 0 aromatic carbocycles. The van der Waals surface area contributed by atoms with Crippen molar-refractivity contribution in [3.8, 4) is 0 Å². The van der Waals surface area contributed by atoms with Crippen molar-refractivity contribution >= 4 is 5.82 Å². The average Bonchev–Trinajstić information content (AvgIpc) is 2.76. The summed E-state index contributed by atoms with van der Waals surface area (Å²) in [6.07, 6.45) is 5.14. The van der Waals surface area contributed by atoms with Gasteiger partial charge in [-0.3, -0.25) is 0 Å². The first-order valence-corrected chi connectivity index (χ1v) is 5.47. The van der Waals surface area contributed by atoms with Gasteiger partial charge < -0.3 is 5.32 Å². The Morgan fingerprint density at radius 3 is 2.76 bits per heavy atom. The molecule has 0 radical (unpaired) electrons. The lowest BCUT2D eigenvalue weighted by Gasteiger charge is -2.17. The van der Waals surface area contributed by atoms with E-state index in [4.69, 9.17) is 0 Å². The molecule has 0 aliphatic carbocycles. The molecular weight excluding hydrogens is 216 g/mol. The van der Waals surface area contributed by atoms with Crippen LogP contribution in [0.3, 0.4) is 0 Å². The summed E-state index contributed by atoms with van der Waals surface area (Å²) in [7, 11) is 0. The van der Waals surface area contributed by atoms with E-state index >= 15 is 0 Å². The summed E-state index contributed by atoms with van der Waals surface area (Å²) in [5.74, 6) is 0.783. The summed E-state index contributed by atoms with van der Waals surface area (Å²) in [4.78, 5) is 7.93. The quantitative estimate of drug-likeness (QED) is 0.867. The van der Waals surface area contributed by atoms with Crippen molar-refractivity contribution in [3.63, 3.8) is 0 Å². The van der Waals surface area contributed by atoms with Crippen molar-refractivity contribution in [2.24, 2.45) is 0 Å². The van der Waals surface area contributed by atoms with Gasteiger partial charge in [0.25, 0.3) is 0 Å². The van der Waals surface area contributed by atoms with Gasteiger partial charge in [0.15, 0.2) is 0 Å². The van der Waals surface area contributed by atoms with Crippen molar-refractivity contribution < 1.29 is 0 Å². The second kappa shape index (κ2) is 4.48. The Morgan fingerprint density at radius 2 is 2.18 bits per heavy atom. The van der Waals surface area contributed by atoms with E-state index in [0.29, 0.717) is 6.54 Å². The maximum atomic E-state index is 4.10. The van der Waals surface area contributed by atoms with Crippen LogP contribution in [0, 0.1) is 0 Å². The SMILES string of the molecule is CC(C)(C)n1cc(CNc2ccncn2)nn1. The number of aromatic nitrogens is 5. The van der Waals surface area contributed by atoms with Gasteiger partial charge in [-0.15, -0.1) is 5.10 Å². The first-order valence-electron chi connectivity index (χ1n) is 5.47. The molecule has 2 heterocycles. The number of hydrogen-bond acceptors (Lipinski definition) is 5. The predicted molar refractivity (Wildman–Crippen MR) is 64.4 cm³/mol. The van der Waals surface area contributed by atoms with Gasteiger partial charge in [-0.1, -0.05) is 5.21 Å². The summed E-state index contributed by atoms with van der Waals surface area (Å²) < 4.78 is 1.85. The minimum atomic E-state index is -0.0415. The molecule has 6 nitrogen and oxygen atoms in total. The zero-order valence-corrected chi connectivity index (χ0v) is 10.3. The van der Waals surface area contributed by atoms with Crippen molar-refractivity contribution in [1.29, 1.82) is 0 Å². The third kappa shape index (κ3) is 2.99. The highest BCUT2D eigenvalue weighted by molar-refractivity contribution is 5.31. The summed E-state index contributed by atoms with van der Waals surface area (Å²) in [5.41, 5.74) is 0.846. The molecule has 2 aromatic heterocycles. The standard InChI is InChI=1S/C11H16N6/c1-11(2,3)17-7-9(15-16-17)6-13-10-4-5-12-8-14-10/h4-5,7-8H,6H2,1-3H3,(H,12,13,14). The molecule has 1 N–H and O–H groups in total. The molecule has 0 amide bonds. The zero-order valence-electron chi connectivity index (χ0n) is 10.3. The Balaban J connectivity index is 1.99. The van der Waals surface area contributed by atoms with E-state index < -0.39 is 0 Å². The molecule has 0 unspecified atom stereocenters. The first-order chi connectivity index (χ1) is 8.05. The molecule has 0 bridgehead atoms. The van der Waals surface area contributed by atoms with E-state index in [1.807, 2.05) is 16.9 Å². The van der Waals surface area contributed by atoms with Crippen LogP contribution in [-0.2, 0) is 12.1 Å². The summed E-state index contributed by atoms with van der Waals surface area (Å²) >= 11 is 0. The fourth-order valence-electron chi connectivity index (χ4n) is 1.28. The van der Waals surface area contributed by atoms with E-state index in [2.05, 4.69) is 46.4 Å². The predicted octanol–water partition coefficient (Wildman–Crippen LogP) is 1.44. The lowest BCUT2D eigenvalue weighted by Crippen LogP contribution is -2.22. The number of nitrogens with one attached hydrogen (secondary N) is 1. The minimum absolute atomic E-state index is 0.0415. The van der Waals surface area contributed by atoms with E-state index in [0.717, 1.165) is 11.5 Å². The third-order valence-electron chi connectivity index (χ3n) is 2.26. The van der Waals surface area contributed by atoms with Crippen molar-refractivity contribution in [2.75, 3.05) is 5.32 Å². The molecule has 0 spiro atoms. The average molecular weight is 232 g/mol.